The molecule has 0 aliphatic heterocycles. The van der Waals surface area contributed by atoms with Crippen LogP contribution in [0.1, 0.15) is 29.8 Å². The summed E-state index contributed by atoms with van der Waals surface area (Å²) in [5.74, 6) is 6.05. The average Bonchev–Trinajstić information content (AvgIpc) is 2.74. The predicted molar refractivity (Wildman–Crippen MR) is 112 cm³/mol. The van der Waals surface area contributed by atoms with Gasteiger partial charge in [-0.15, -0.1) is 0 Å². The molecule has 0 radical (unpaired) electrons. The van der Waals surface area contributed by atoms with Crippen LogP contribution in [0.5, 0.6) is 0 Å². The van der Waals surface area contributed by atoms with Gasteiger partial charge in [0.2, 0.25) is 0 Å². The summed E-state index contributed by atoms with van der Waals surface area (Å²) in [6.45, 7) is 3.85. The van der Waals surface area contributed by atoms with Crippen LogP contribution < -0.4 is 5.32 Å². The van der Waals surface area contributed by atoms with Crippen LogP contribution in [0, 0.1) is 11.8 Å². The smallest absolute Gasteiger partial charge is 0.257 e. The van der Waals surface area contributed by atoms with Crippen LogP contribution in [0.2, 0.25) is 0 Å². The van der Waals surface area contributed by atoms with E-state index in [4.69, 9.17) is 4.74 Å². The third kappa shape index (κ3) is 4.85. The SMILES string of the molecule is COC(C)(C)C#Cc1ccc(-c2ccccc2NC(=O)c2cccnc2)cc1. The Balaban J connectivity index is 1.84. The predicted octanol–water partition coefficient (Wildman–Crippen LogP) is 4.78. The fraction of sp³-hybridized carbons (Fsp3) is 0.167. The molecule has 0 bridgehead atoms. The lowest BCUT2D eigenvalue weighted by Crippen LogP contribution is -2.19. The Morgan fingerprint density at radius 3 is 2.46 bits per heavy atom. The van der Waals surface area contributed by atoms with Gasteiger partial charge in [-0.1, -0.05) is 42.2 Å². The molecular formula is C24H22N2O2. The summed E-state index contributed by atoms with van der Waals surface area (Å²) < 4.78 is 5.32. The summed E-state index contributed by atoms with van der Waals surface area (Å²) in [7, 11) is 1.65. The van der Waals surface area contributed by atoms with E-state index in [1.54, 1.807) is 31.6 Å². The van der Waals surface area contributed by atoms with Crippen LogP contribution in [0.3, 0.4) is 0 Å². The van der Waals surface area contributed by atoms with Gasteiger partial charge < -0.3 is 10.1 Å². The Kier molecular flexibility index (Phi) is 5.88. The van der Waals surface area contributed by atoms with Crippen molar-refractivity contribution in [3.8, 4) is 23.0 Å². The lowest BCUT2D eigenvalue weighted by atomic mass is 10.0. The zero-order chi connectivity index (χ0) is 20.0. The van der Waals surface area contributed by atoms with Crippen molar-refractivity contribution >= 4 is 11.6 Å². The molecule has 0 unspecified atom stereocenters. The maximum absolute atomic E-state index is 12.5. The van der Waals surface area contributed by atoms with Crippen molar-refractivity contribution in [3.63, 3.8) is 0 Å². The molecule has 3 rings (SSSR count). The number of nitrogens with zero attached hydrogens (tertiary/aromatic N) is 1. The van der Waals surface area contributed by atoms with Gasteiger partial charge in [0, 0.05) is 36.3 Å². The second-order valence-electron chi connectivity index (χ2n) is 6.78. The number of hydrogen-bond acceptors (Lipinski definition) is 3. The molecule has 2 aromatic carbocycles. The maximum Gasteiger partial charge on any atom is 0.257 e. The molecular weight excluding hydrogens is 348 g/mol. The van der Waals surface area contributed by atoms with E-state index in [-0.39, 0.29) is 5.91 Å². The first-order valence-electron chi connectivity index (χ1n) is 8.98. The highest BCUT2D eigenvalue weighted by Crippen LogP contribution is 2.28. The van der Waals surface area contributed by atoms with Crippen molar-refractivity contribution in [1.29, 1.82) is 0 Å². The molecule has 4 nitrogen and oxygen atoms in total. The summed E-state index contributed by atoms with van der Waals surface area (Å²) in [6.07, 6.45) is 3.19. The van der Waals surface area contributed by atoms with Gasteiger partial charge in [-0.2, -0.15) is 0 Å². The van der Waals surface area contributed by atoms with E-state index in [1.165, 1.54) is 0 Å². The monoisotopic (exact) mass is 370 g/mol. The minimum absolute atomic E-state index is 0.190. The lowest BCUT2D eigenvalue weighted by Gasteiger charge is -2.14. The van der Waals surface area contributed by atoms with E-state index in [0.29, 0.717) is 5.56 Å². The summed E-state index contributed by atoms with van der Waals surface area (Å²) in [4.78, 5) is 16.5. The number of ether oxygens (including phenoxy) is 1. The third-order valence-electron chi connectivity index (χ3n) is 4.31. The molecule has 0 aliphatic rings. The highest BCUT2D eigenvalue weighted by Gasteiger charge is 2.12. The summed E-state index contributed by atoms with van der Waals surface area (Å²) in [5.41, 5.74) is 3.63. The zero-order valence-corrected chi connectivity index (χ0v) is 16.2. The Hall–Kier alpha value is -3.42. The highest BCUT2D eigenvalue weighted by atomic mass is 16.5. The quantitative estimate of drug-likeness (QED) is 0.673. The van der Waals surface area contributed by atoms with Crippen LogP contribution in [0.15, 0.2) is 73.1 Å². The normalized spacial score (nSPS) is 10.7. The standard InChI is InChI=1S/C24H22N2O2/c1-24(2,28-3)15-14-18-10-12-19(13-11-18)21-8-4-5-9-22(21)26-23(27)20-7-6-16-25-17-20/h4-13,16-17H,1-3H3,(H,26,27). The van der Waals surface area contributed by atoms with Gasteiger partial charge in [0.05, 0.1) is 5.56 Å². The molecule has 0 atom stereocenters. The number of rotatable bonds is 4. The number of pyridine rings is 1. The highest BCUT2D eigenvalue weighted by molar-refractivity contribution is 6.06. The minimum Gasteiger partial charge on any atom is -0.366 e. The number of carbonyl (C=O) groups excluding carboxylic acids is 1. The Morgan fingerprint density at radius 2 is 1.79 bits per heavy atom. The summed E-state index contributed by atoms with van der Waals surface area (Å²) in [6, 6.07) is 19.1. The third-order valence-corrected chi connectivity index (χ3v) is 4.31. The summed E-state index contributed by atoms with van der Waals surface area (Å²) >= 11 is 0. The number of carbonyl (C=O) groups is 1. The van der Waals surface area contributed by atoms with Crippen molar-refractivity contribution < 1.29 is 9.53 Å². The maximum atomic E-state index is 12.5. The molecule has 28 heavy (non-hydrogen) atoms. The van der Waals surface area contributed by atoms with E-state index < -0.39 is 5.60 Å². The van der Waals surface area contributed by atoms with Gasteiger partial charge in [-0.05, 0) is 49.7 Å². The molecule has 0 aliphatic carbocycles. The fourth-order valence-electron chi connectivity index (χ4n) is 2.54. The first-order chi connectivity index (χ1) is 13.5. The zero-order valence-electron chi connectivity index (χ0n) is 16.2. The van der Waals surface area contributed by atoms with Crippen LogP contribution in [0.25, 0.3) is 11.1 Å². The number of benzene rings is 2. The number of amides is 1. The first kappa shape index (κ1) is 19.3. The van der Waals surface area contributed by atoms with Crippen LogP contribution >= 0.6 is 0 Å². The van der Waals surface area contributed by atoms with Crippen molar-refractivity contribution in [2.75, 3.05) is 12.4 Å². The Bertz CT molecular complexity index is 1010. The number of aromatic nitrogens is 1. The van der Waals surface area contributed by atoms with Crippen molar-refractivity contribution in [1.82, 2.24) is 4.98 Å². The van der Waals surface area contributed by atoms with E-state index in [9.17, 15) is 4.79 Å². The molecule has 0 saturated heterocycles. The van der Waals surface area contributed by atoms with Gasteiger partial charge in [0.15, 0.2) is 0 Å². The van der Waals surface area contributed by atoms with Gasteiger partial charge in [-0.25, -0.2) is 0 Å². The minimum atomic E-state index is -0.484. The number of nitrogens with one attached hydrogen (secondary N) is 1. The van der Waals surface area contributed by atoms with E-state index in [2.05, 4.69) is 22.1 Å². The molecule has 1 aromatic heterocycles. The molecule has 140 valence electrons. The molecule has 1 heterocycles. The lowest BCUT2D eigenvalue weighted by molar-refractivity contribution is 0.0741. The molecule has 1 amide bonds. The van der Waals surface area contributed by atoms with Crippen LogP contribution in [-0.2, 0) is 4.74 Å². The molecule has 3 aromatic rings. The van der Waals surface area contributed by atoms with Crippen LogP contribution in [-0.4, -0.2) is 23.6 Å². The molecule has 1 N–H and O–H groups in total. The number of methoxy groups -OCH3 is 1. The van der Waals surface area contributed by atoms with Crippen molar-refractivity contribution in [2.24, 2.45) is 0 Å². The van der Waals surface area contributed by atoms with Gasteiger partial charge in [-0.3, -0.25) is 9.78 Å². The molecule has 0 fully saturated rings. The topological polar surface area (TPSA) is 51.2 Å². The second kappa shape index (κ2) is 8.51. The van der Waals surface area contributed by atoms with E-state index >= 15 is 0 Å². The molecule has 4 heteroatoms. The number of anilines is 1. The molecule has 0 saturated carbocycles. The van der Waals surface area contributed by atoms with E-state index in [0.717, 1.165) is 22.4 Å². The van der Waals surface area contributed by atoms with E-state index in [1.807, 2.05) is 62.4 Å². The number of para-hydroxylation sites is 1. The largest absolute Gasteiger partial charge is 0.366 e. The van der Waals surface area contributed by atoms with Gasteiger partial charge in [0.25, 0.3) is 5.91 Å². The Morgan fingerprint density at radius 1 is 1.04 bits per heavy atom. The van der Waals surface area contributed by atoms with Crippen LogP contribution in [0.4, 0.5) is 5.69 Å². The average molecular weight is 370 g/mol. The second-order valence-corrected chi connectivity index (χ2v) is 6.78. The first-order valence-corrected chi connectivity index (χ1v) is 8.98. The fourth-order valence-corrected chi connectivity index (χ4v) is 2.54. The molecule has 0 spiro atoms. The Labute approximate surface area is 165 Å². The van der Waals surface area contributed by atoms with Gasteiger partial charge >= 0.3 is 0 Å². The van der Waals surface area contributed by atoms with Gasteiger partial charge in [0.1, 0.15) is 5.60 Å². The summed E-state index contributed by atoms with van der Waals surface area (Å²) in [5, 5.41) is 2.97. The van der Waals surface area contributed by atoms with Crippen molar-refractivity contribution in [3.05, 3.63) is 84.2 Å². The number of hydrogen-bond donors (Lipinski definition) is 1. The van der Waals surface area contributed by atoms with Crippen molar-refractivity contribution in [2.45, 2.75) is 19.4 Å².